The number of anilines is 1. The van der Waals surface area contributed by atoms with Crippen LogP contribution in [0, 0.1) is 17.2 Å². The van der Waals surface area contributed by atoms with Crippen LogP contribution in [0.4, 0.5) is 5.82 Å². The molecule has 1 aromatic heterocycles. The molecule has 5 nitrogen and oxygen atoms in total. The van der Waals surface area contributed by atoms with Gasteiger partial charge in [-0.2, -0.15) is 5.26 Å². The lowest BCUT2D eigenvalue weighted by atomic mass is 10.2. The molecule has 0 aliphatic rings. The molecule has 0 aliphatic carbocycles. The molecule has 0 atom stereocenters. The normalized spacial score (nSPS) is 10.2. The van der Waals surface area contributed by atoms with Crippen LogP contribution in [0.2, 0.25) is 5.02 Å². The van der Waals surface area contributed by atoms with Crippen LogP contribution in [0.5, 0.6) is 0 Å². The number of nitriles is 1. The molecule has 0 unspecified atom stereocenters. The number of halogens is 1. The first-order chi connectivity index (χ1) is 9.49. The van der Waals surface area contributed by atoms with Crippen molar-refractivity contribution >= 4 is 23.3 Å². The van der Waals surface area contributed by atoms with Gasteiger partial charge in [0.1, 0.15) is 11.5 Å². The molecule has 1 rings (SSSR count). The fourth-order valence-corrected chi connectivity index (χ4v) is 1.97. The average molecular weight is 295 g/mol. The van der Waals surface area contributed by atoms with E-state index in [4.69, 9.17) is 16.9 Å². The van der Waals surface area contributed by atoms with Crippen LogP contribution < -0.4 is 5.32 Å². The second-order valence-corrected chi connectivity index (χ2v) is 5.24. The molecule has 0 aliphatic heterocycles. The molecule has 0 saturated carbocycles. The first-order valence-electron chi connectivity index (χ1n) is 6.50. The first-order valence-corrected chi connectivity index (χ1v) is 6.88. The van der Waals surface area contributed by atoms with Gasteiger partial charge in [0.2, 0.25) is 0 Å². The van der Waals surface area contributed by atoms with E-state index in [1.165, 1.54) is 0 Å². The van der Waals surface area contributed by atoms with Gasteiger partial charge in [-0.15, -0.1) is 0 Å². The number of pyridine rings is 1. The van der Waals surface area contributed by atoms with Crippen LogP contribution in [-0.4, -0.2) is 35.9 Å². The summed E-state index contributed by atoms with van der Waals surface area (Å²) in [7, 11) is 1.73. The van der Waals surface area contributed by atoms with Gasteiger partial charge in [-0.1, -0.05) is 25.4 Å². The predicted octanol–water partition coefficient (Wildman–Crippen LogP) is 2.79. The van der Waals surface area contributed by atoms with E-state index in [2.05, 4.69) is 16.4 Å². The highest BCUT2D eigenvalue weighted by atomic mass is 35.5. The number of rotatable bonds is 6. The Balaban J connectivity index is 3.01. The molecular formula is C14H19ClN4O. The summed E-state index contributed by atoms with van der Waals surface area (Å²) >= 11 is 6.06. The maximum atomic E-state index is 12.5. The third-order valence-electron chi connectivity index (χ3n) is 2.67. The number of nitrogens with zero attached hydrogens (tertiary/aromatic N) is 3. The molecule has 108 valence electrons. The molecule has 20 heavy (non-hydrogen) atoms. The summed E-state index contributed by atoms with van der Waals surface area (Å²) in [6.07, 6.45) is 0.293. The second-order valence-electron chi connectivity index (χ2n) is 4.83. The van der Waals surface area contributed by atoms with Crippen molar-refractivity contribution in [3.8, 4) is 6.07 Å². The van der Waals surface area contributed by atoms with Crippen LogP contribution in [0.3, 0.4) is 0 Å². The van der Waals surface area contributed by atoms with Gasteiger partial charge < -0.3 is 10.2 Å². The quantitative estimate of drug-likeness (QED) is 0.876. The van der Waals surface area contributed by atoms with Gasteiger partial charge in [0.25, 0.3) is 5.91 Å². The Morgan fingerprint density at radius 3 is 2.80 bits per heavy atom. The Hall–Kier alpha value is -1.80. The van der Waals surface area contributed by atoms with Crippen molar-refractivity contribution in [2.45, 2.75) is 20.3 Å². The van der Waals surface area contributed by atoms with Crippen molar-refractivity contribution in [1.29, 1.82) is 5.26 Å². The number of carbonyl (C=O) groups is 1. The van der Waals surface area contributed by atoms with Crippen molar-refractivity contribution in [2.24, 2.45) is 5.92 Å². The Kier molecular flexibility index (Phi) is 6.26. The molecule has 1 heterocycles. The number of carbonyl (C=O) groups excluding carboxylic acids is 1. The van der Waals surface area contributed by atoms with Crippen molar-refractivity contribution in [2.75, 3.05) is 25.5 Å². The SMILES string of the molecule is CNc1ccc(Cl)c(C(=O)N(CCC#N)CC(C)C)n1. The van der Waals surface area contributed by atoms with E-state index in [1.54, 1.807) is 24.1 Å². The summed E-state index contributed by atoms with van der Waals surface area (Å²) in [5, 5.41) is 11.9. The fraction of sp³-hybridized carbons (Fsp3) is 0.500. The minimum Gasteiger partial charge on any atom is -0.373 e. The van der Waals surface area contributed by atoms with Gasteiger partial charge >= 0.3 is 0 Å². The molecule has 0 radical (unpaired) electrons. The van der Waals surface area contributed by atoms with Crippen molar-refractivity contribution in [3.05, 3.63) is 22.8 Å². The summed E-state index contributed by atoms with van der Waals surface area (Å²) in [5.74, 6) is 0.655. The highest BCUT2D eigenvalue weighted by molar-refractivity contribution is 6.33. The third-order valence-corrected chi connectivity index (χ3v) is 2.98. The summed E-state index contributed by atoms with van der Waals surface area (Å²) in [6.45, 7) is 5.00. The Bertz CT molecular complexity index is 510. The minimum atomic E-state index is -0.240. The van der Waals surface area contributed by atoms with Gasteiger partial charge in [-0.25, -0.2) is 4.98 Å². The van der Waals surface area contributed by atoms with Gasteiger partial charge in [0, 0.05) is 20.1 Å². The van der Waals surface area contributed by atoms with E-state index in [1.807, 2.05) is 13.8 Å². The number of nitrogens with one attached hydrogen (secondary N) is 1. The van der Waals surface area contributed by atoms with E-state index in [0.717, 1.165) is 0 Å². The van der Waals surface area contributed by atoms with Crippen LogP contribution in [0.15, 0.2) is 12.1 Å². The highest BCUT2D eigenvalue weighted by Crippen LogP contribution is 2.19. The highest BCUT2D eigenvalue weighted by Gasteiger charge is 2.21. The molecule has 0 bridgehead atoms. The largest absolute Gasteiger partial charge is 0.373 e. The molecule has 0 spiro atoms. The number of amides is 1. The summed E-state index contributed by atoms with van der Waals surface area (Å²) < 4.78 is 0. The topological polar surface area (TPSA) is 69.0 Å². The predicted molar refractivity (Wildman–Crippen MR) is 79.8 cm³/mol. The van der Waals surface area contributed by atoms with Crippen LogP contribution in [0.1, 0.15) is 30.8 Å². The molecule has 0 saturated heterocycles. The van der Waals surface area contributed by atoms with E-state index >= 15 is 0 Å². The Labute approximate surface area is 124 Å². The smallest absolute Gasteiger partial charge is 0.274 e. The standard InChI is InChI=1S/C14H19ClN4O/c1-10(2)9-19(8-4-7-16)14(20)13-11(15)5-6-12(17-3)18-13/h5-6,10H,4,8-9H2,1-3H3,(H,17,18). The summed E-state index contributed by atoms with van der Waals surface area (Å²) in [4.78, 5) is 18.4. The second kappa shape index (κ2) is 7.71. The van der Waals surface area contributed by atoms with Gasteiger partial charge in [-0.05, 0) is 18.1 Å². The zero-order valence-electron chi connectivity index (χ0n) is 12.0. The third kappa shape index (κ3) is 4.39. The molecule has 1 N–H and O–H groups in total. The number of aromatic nitrogens is 1. The van der Waals surface area contributed by atoms with Crippen LogP contribution in [0.25, 0.3) is 0 Å². The van der Waals surface area contributed by atoms with Crippen molar-refractivity contribution in [1.82, 2.24) is 9.88 Å². The Morgan fingerprint density at radius 1 is 1.55 bits per heavy atom. The summed E-state index contributed by atoms with van der Waals surface area (Å²) in [6, 6.07) is 5.41. The lowest BCUT2D eigenvalue weighted by Crippen LogP contribution is -2.35. The Morgan fingerprint density at radius 2 is 2.25 bits per heavy atom. The molecule has 0 aromatic carbocycles. The molecule has 1 amide bonds. The minimum absolute atomic E-state index is 0.220. The van der Waals surface area contributed by atoms with Crippen LogP contribution >= 0.6 is 11.6 Å². The molecular weight excluding hydrogens is 276 g/mol. The van der Waals surface area contributed by atoms with Crippen LogP contribution in [-0.2, 0) is 0 Å². The number of hydrogen-bond acceptors (Lipinski definition) is 4. The maximum absolute atomic E-state index is 12.5. The van der Waals surface area contributed by atoms with Gasteiger partial charge in [0.15, 0.2) is 0 Å². The molecule has 1 aromatic rings. The van der Waals surface area contributed by atoms with E-state index < -0.39 is 0 Å². The summed E-state index contributed by atoms with van der Waals surface area (Å²) in [5.41, 5.74) is 0.220. The van der Waals surface area contributed by atoms with Gasteiger partial charge in [0.05, 0.1) is 17.5 Å². The monoisotopic (exact) mass is 294 g/mol. The van der Waals surface area contributed by atoms with E-state index in [-0.39, 0.29) is 11.6 Å². The lowest BCUT2D eigenvalue weighted by Gasteiger charge is -2.23. The zero-order valence-corrected chi connectivity index (χ0v) is 12.7. The molecule has 6 heteroatoms. The molecule has 0 fully saturated rings. The first kappa shape index (κ1) is 16.3. The van der Waals surface area contributed by atoms with Crippen molar-refractivity contribution < 1.29 is 4.79 Å². The van der Waals surface area contributed by atoms with E-state index in [0.29, 0.717) is 36.3 Å². The zero-order chi connectivity index (χ0) is 15.1. The van der Waals surface area contributed by atoms with Gasteiger partial charge in [-0.3, -0.25) is 4.79 Å². The van der Waals surface area contributed by atoms with Crippen molar-refractivity contribution in [3.63, 3.8) is 0 Å². The average Bonchev–Trinajstić information content (AvgIpc) is 2.43. The fourth-order valence-electron chi connectivity index (χ4n) is 1.78. The number of hydrogen-bond donors (Lipinski definition) is 1. The maximum Gasteiger partial charge on any atom is 0.274 e. The van der Waals surface area contributed by atoms with E-state index in [9.17, 15) is 4.79 Å². The lowest BCUT2D eigenvalue weighted by molar-refractivity contribution is 0.0734.